The molecule has 1 fully saturated rings. The highest BCUT2D eigenvalue weighted by atomic mass is 19.1. The van der Waals surface area contributed by atoms with Crippen molar-refractivity contribution in [1.82, 2.24) is 4.90 Å². The molecule has 0 aromatic heterocycles. The molecular formula is C18H18F2N2O2. The number of piperazine rings is 1. The zero-order valence-electron chi connectivity index (χ0n) is 13.3. The van der Waals surface area contributed by atoms with E-state index in [2.05, 4.69) is 4.90 Å². The lowest BCUT2D eigenvalue weighted by Gasteiger charge is -2.36. The molecule has 0 N–H and O–H groups in total. The van der Waals surface area contributed by atoms with Crippen LogP contribution in [0.25, 0.3) is 0 Å². The number of hydrogen-bond donors (Lipinski definition) is 0. The fourth-order valence-corrected chi connectivity index (χ4v) is 2.81. The Kier molecular flexibility index (Phi) is 4.64. The Morgan fingerprint density at radius 2 is 1.79 bits per heavy atom. The van der Waals surface area contributed by atoms with Crippen molar-refractivity contribution in [2.45, 2.75) is 0 Å². The average molecular weight is 332 g/mol. The van der Waals surface area contributed by atoms with Crippen molar-refractivity contribution >= 4 is 11.6 Å². The van der Waals surface area contributed by atoms with Gasteiger partial charge in [0.2, 0.25) is 0 Å². The van der Waals surface area contributed by atoms with Crippen molar-refractivity contribution in [1.29, 1.82) is 0 Å². The maximum atomic E-state index is 13.8. The first-order chi connectivity index (χ1) is 11.6. The van der Waals surface area contributed by atoms with E-state index in [9.17, 15) is 13.6 Å². The number of benzene rings is 2. The Morgan fingerprint density at radius 3 is 2.46 bits per heavy atom. The summed E-state index contributed by atoms with van der Waals surface area (Å²) >= 11 is 0. The molecule has 0 atom stereocenters. The topological polar surface area (TPSA) is 32.8 Å². The van der Waals surface area contributed by atoms with Gasteiger partial charge in [-0.3, -0.25) is 4.79 Å². The summed E-state index contributed by atoms with van der Waals surface area (Å²) in [5.41, 5.74) is 0.931. The van der Waals surface area contributed by atoms with Gasteiger partial charge in [-0.1, -0.05) is 6.07 Å². The Bertz CT molecular complexity index is 744. The van der Waals surface area contributed by atoms with Gasteiger partial charge in [-0.15, -0.1) is 0 Å². The third-order valence-corrected chi connectivity index (χ3v) is 4.15. The maximum absolute atomic E-state index is 13.8. The second kappa shape index (κ2) is 6.86. The van der Waals surface area contributed by atoms with Crippen LogP contribution in [-0.4, -0.2) is 44.1 Å². The lowest BCUT2D eigenvalue weighted by molar-refractivity contribution is 0.0742. The normalized spacial score (nSPS) is 14.6. The number of halogens is 2. The van der Waals surface area contributed by atoms with Crippen LogP contribution in [0.15, 0.2) is 42.5 Å². The maximum Gasteiger partial charge on any atom is 0.256 e. The van der Waals surface area contributed by atoms with Crippen LogP contribution in [0, 0.1) is 11.6 Å². The molecule has 6 heteroatoms. The summed E-state index contributed by atoms with van der Waals surface area (Å²) in [4.78, 5) is 16.1. The molecule has 1 saturated heterocycles. The number of carbonyl (C=O) groups is 1. The highest BCUT2D eigenvalue weighted by Crippen LogP contribution is 2.22. The largest absolute Gasteiger partial charge is 0.497 e. The van der Waals surface area contributed by atoms with Crippen molar-refractivity contribution in [3.8, 4) is 5.75 Å². The van der Waals surface area contributed by atoms with Crippen molar-refractivity contribution in [2.24, 2.45) is 0 Å². The molecule has 0 saturated carbocycles. The van der Waals surface area contributed by atoms with Crippen LogP contribution < -0.4 is 9.64 Å². The van der Waals surface area contributed by atoms with Gasteiger partial charge in [0.15, 0.2) is 0 Å². The number of rotatable bonds is 3. The molecule has 3 rings (SSSR count). The number of amides is 1. The van der Waals surface area contributed by atoms with Crippen LogP contribution >= 0.6 is 0 Å². The van der Waals surface area contributed by atoms with Gasteiger partial charge < -0.3 is 14.5 Å². The predicted molar refractivity (Wildman–Crippen MR) is 87.5 cm³/mol. The molecule has 2 aromatic rings. The SMILES string of the molecule is COc1cccc(N2CCN(C(=O)c3ccc(F)cc3F)CC2)c1. The Hall–Kier alpha value is -2.63. The number of nitrogens with zero attached hydrogens (tertiary/aromatic N) is 2. The van der Waals surface area contributed by atoms with E-state index >= 15 is 0 Å². The second-order valence-electron chi connectivity index (χ2n) is 5.60. The summed E-state index contributed by atoms with van der Waals surface area (Å²) < 4.78 is 32.0. The molecule has 1 amide bonds. The number of methoxy groups -OCH3 is 1. The molecule has 0 aliphatic carbocycles. The second-order valence-corrected chi connectivity index (χ2v) is 5.60. The predicted octanol–water partition coefficient (Wildman–Crippen LogP) is 2.94. The average Bonchev–Trinajstić information content (AvgIpc) is 2.61. The third-order valence-electron chi connectivity index (χ3n) is 4.15. The molecule has 0 unspecified atom stereocenters. The van der Waals surface area contributed by atoms with Gasteiger partial charge in [0.1, 0.15) is 17.4 Å². The first-order valence-electron chi connectivity index (χ1n) is 7.72. The van der Waals surface area contributed by atoms with Gasteiger partial charge in [-0.05, 0) is 24.3 Å². The van der Waals surface area contributed by atoms with E-state index in [1.165, 1.54) is 6.07 Å². The summed E-state index contributed by atoms with van der Waals surface area (Å²) in [6.07, 6.45) is 0. The van der Waals surface area contributed by atoms with Gasteiger partial charge in [0, 0.05) is 44.0 Å². The Labute approximate surface area is 139 Å². The molecular weight excluding hydrogens is 314 g/mol. The van der Waals surface area contributed by atoms with Gasteiger partial charge in [-0.25, -0.2) is 8.78 Å². The van der Waals surface area contributed by atoms with Gasteiger partial charge in [0.05, 0.1) is 12.7 Å². The van der Waals surface area contributed by atoms with Crippen LogP contribution in [0.5, 0.6) is 5.75 Å². The lowest BCUT2D eigenvalue weighted by atomic mass is 10.1. The zero-order chi connectivity index (χ0) is 17.1. The van der Waals surface area contributed by atoms with Crippen molar-refractivity contribution in [2.75, 3.05) is 38.2 Å². The smallest absolute Gasteiger partial charge is 0.256 e. The first kappa shape index (κ1) is 16.2. The van der Waals surface area contributed by atoms with E-state index in [0.29, 0.717) is 26.2 Å². The van der Waals surface area contributed by atoms with E-state index in [1.54, 1.807) is 12.0 Å². The molecule has 1 heterocycles. The molecule has 126 valence electrons. The Morgan fingerprint density at radius 1 is 1.04 bits per heavy atom. The van der Waals surface area contributed by atoms with E-state index < -0.39 is 17.5 Å². The van der Waals surface area contributed by atoms with Crippen LogP contribution in [0.1, 0.15) is 10.4 Å². The summed E-state index contributed by atoms with van der Waals surface area (Å²) in [7, 11) is 1.62. The van der Waals surface area contributed by atoms with E-state index in [1.807, 2.05) is 24.3 Å². The number of ether oxygens (including phenoxy) is 1. The quantitative estimate of drug-likeness (QED) is 0.866. The molecule has 1 aliphatic heterocycles. The van der Waals surface area contributed by atoms with E-state index in [4.69, 9.17) is 4.74 Å². The molecule has 2 aromatic carbocycles. The molecule has 24 heavy (non-hydrogen) atoms. The first-order valence-corrected chi connectivity index (χ1v) is 7.72. The minimum Gasteiger partial charge on any atom is -0.497 e. The zero-order valence-corrected chi connectivity index (χ0v) is 13.3. The molecule has 0 bridgehead atoms. The van der Waals surface area contributed by atoms with Crippen LogP contribution in [0.3, 0.4) is 0 Å². The Balaban J connectivity index is 1.67. The monoisotopic (exact) mass is 332 g/mol. The highest BCUT2D eigenvalue weighted by molar-refractivity contribution is 5.94. The van der Waals surface area contributed by atoms with Gasteiger partial charge in [0.25, 0.3) is 5.91 Å². The fourth-order valence-electron chi connectivity index (χ4n) is 2.81. The summed E-state index contributed by atoms with van der Waals surface area (Å²) in [5, 5.41) is 0. The van der Waals surface area contributed by atoms with Crippen molar-refractivity contribution in [3.63, 3.8) is 0 Å². The molecule has 1 aliphatic rings. The van der Waals surface area contributed by atoms with Crippen molar-refractivity contribution in [3.05, 3.63) is 59.7 Å². The summed E-state index contributed by atoms with van der Waals surface area (Å²) in [6.45, 7) is 2.24. The highest BCUT2D eigenvalue weighted by Gasteiger charge is 2.24. The number of carbonyl (C=O) groups excluding carboxylic acids is 1. The summed E-state index contributed by atoms with van der Waals surface area (Å²) in [6, 6.07) is 10.8. The van der Waals surface area contributed by atoms with Crippen LogP contribution in [0.4, 0.5) is 14.5 Å². The van der Waals surface area contributed by atoms with Gasteiger partial charge >= 0.3 is 0 Å². The van der Waals surface area contributed by atoms with E-state index in [0.717, 1.165) is 23.6 Å². The van der Waals surface area contributed by atoms with Crippen LogP contribution in [-0.2, 0) is 0 Å². The number of hydrogen-bond acceptors (Lipinski definition) is 3. The molecule has 0 spiro atoms. The molecule has 4 nitrogen and oxygen atoms in total. The standard InChI is InChI=1S/C18H18F2N2O2/c1-24-15-4-2-3-14(12-15)21-7-9-22(10-8-21)18(23)16-6-5-13(19)11-17(16)20/h2-6,11-12H,7-10H2,1H3. The minimum absolute atomic E-state index is 0.0915. The lowest BCUT2D eigenvalue weighted by Crippen LogP contribution is -2.49. The van der Waals surface area contributed by atoms with Gasteiger partial charge in [-0.2, -0.15) is 0 Å². The van der Waals surface area contributed by atoms with Crippen molar-refractivity contribution < 1.29 is 18.3 Å². The number of anilines is 1. The van der Waals surface area contributed by atoms with E-state index in [-0.39, 0.29) is 5.56 Å². The summed E-state index contributed by atoms with van der Waals surface area (Å²) in [5.74, 6) is -1.14. The van der Waals surface area contributed by atoms with Crippen LogP contribution in [0.2, 0.25) is 0 Å². The minimum atomic E-state index is -0.824. The molecule has 0 radical (unpaired) electrons. The fraction of sp³-hybridized carbons (Fsp3) is 0.278. The third kappa shape index (κ3) is 3.32.